The second kappa shape index (κ2) is 5.56. The fourth-order valence-electron chi connectivity index (χ4n) is 4.12. The summed E-state index contributed by atoms with van der Waals surface area (Å²) < 4.78 is 0. The Hall–Kier alpha value is -0.980. The molecule has 1 aromatic rings. The van der Waals surface area contributed by atoms with Gasteiger partial charge in [-0.3, -0.25) is 0 Å². The van der Waals surface area contributed by atoms with Gasteiger partial charge in [-0.15, -0.1) is 0 Å². The zero-order valence-corrected chi connectivity index (χ0v) is 12.3. The third kappa shape index (κ3) is 2.96. The molecule has 2 aliphatic carbocycles. The lowest BCUT2D eigenvalue weighted by molar-refractivity contribution is 0.188. The van der Waals surface area contributed by atoms with Crippen LogP contribution in [-0.2, 0) is 6.42 Å². The molecule has 1 N–H and O–H groups in total. The van der Waals surface area contributed by atoms with E-state index in [9.17, 15) is 0 Å². The van der Waals surface area contributed by atoms with E-state index in [1.54, 1.807) is 0 Å². The van der Waals surface area contributed by atoms with Crippen molar-refractivity contribution < 1.29 is 0 Å². The lowest BCUT2D eigenvalue weighted by Crippen LogP contribution is -2.31. The standard InChI is InChI=1S/C18H27N/c1-2-15-6-5-7-17(14-15)19-16-8-12-18(13-9-16)10-3-4-11-18/h5-7,14,16,19H,2-4,8-13H2,1H3. The van der Waals surface area contributed by atoms with Gasteiger partial charge in [0.1, 0.15) is 0 Å². The largest absolute Gasteiger partial charge is 0.382 e. The van der Waals surface area contributed by atoms with E-state index in [4.69, 9.17) is 0 Å². The Bertz CT molecular complexity index is 407. The molecule has 0 aliphatic heterocycles. The second-order valence-electron chi connectivity index (χ2n) is 6.68. The van der Waals surface area contributed by atoms with Crippen molar-refractivity contribution in [1.82, 2.24) is 0 Å². The maximum atomic E-state index is 3.76. The maximum absolute atomic E-state index is 3.76. The summed E-state index contributed by atoms with van der Waals surface area (Å²) in [6.45, 7) is 2.23. The summed E-state index contributed by atoms with van der Waals surface area (Å²) in [6.07, 6.45) is 12.8. The predicted octanol–water partition coefficient (Wildman–Crippen LogP) is 5.16. The molecular weight excluding hydrogens is 230 g/mol. The summed E-state index contributed by atoms with van der Waals surface area (Å²) in [5.41, 5.74) is 3.52. The molecule has 0 unspecified atom stereocenters. The van der Waals surface area contributed by atoms with Crippen molar-refractivity contribution >= 4 is 5.69 Å². The van der Waals surface area contributed by atoms with Gasteiger partial charge in [0.05, 0.1) is 0 Å². The number of nitrogens with one attached hydrogen (secondary N) is 1. The van der Waals surface area contributed by atoms with Crippen molar-refractivity contribution in [2.24, 2.45) is 5.41 Å². The number of hydrogen-bond donors (Lipinski definition) is 1. The van der Waals surface area contributed by atoms with E-state index in [2.05, 4.69) is 36.5 Å². The lowest BCUT2D eigenvalue weighted by atomic mass is 9.71. The lowest BCUT2D eigenvalue weighted by Gasteiger charge is -2.38. The van der Waals surface area contributed by atoms with Crippen LogP contribution in [-0.4, -0.2) is 6.04 Å². The Labute approximate surface area is 117 Å². The van der Waals surface area contributed by atoms with Crippen LogP contribution >= 0.6 is 0 Å². The molecule has 0 bridgehead atoms. The highest BCUT2D eigenvalue weighted by Gasteiger charge is 2.37. The molecule has 1 aromatic carbocycles. The number of anilines is 1. The maximum Gasteiger partial charge on any atom is 0.0345 e. The summed E-state index contributed by atoms with van der Waals surface area (Å²) in [4.78, 5) is 0. The molecule has 0 aromatic heterocycles. The van der Waals surface area contributed by atoms with Gasteiger partial charge in [0.15, 0.2) is 0 Å². The average molecular weight is 257 g/mol. The molecule has 104 valence electrons. The van der Waals surface area contributed by atoms with Crippen LogP contribution < -0.4 is 5.32 Å². The highest BCUT2D eigenvalue weighted by molar-refractivity contribution is 5.46. The summed E-state index contributed by atoms with van der Waals surface area (Å²) in [5.74, 6) is 0. The first-order valence-electron chi connectivity index (χ1n) is 8.15. The molecule has 2 fully saturated rings. The summed E-state index contributed by atoms with van der Waals surface area (Å²) in [6, 6.07) is 9.65. The molecule has 0 heterocycles. The Morgan fingerprint density at radius 2 is 1.84 bits per heavy atom. The molecule has 1 nitrogen and oxygen atoms in total. The molecule has 2 saturated carbocycles. The Morgan fingerprint density at radius 3 is 2.53 bits per heavy atom. The quantitative estimate of drug-likeness (QED) is 0.788. The molecule has 3 rings (SSSR count). The average Bonchev–Trinajstić information content (AvgIpc) is 2.90. The van der Waals surface area contributed by atoms with E-state index in [0.29, 0.717) is 6.04 Å². The molecule has 0 atom stereocenters. The third-order valence-corrected chi connectivity index (χ3v) is 5.42. The monoisotopic (exact) mass is 257 g/mol. The van der Waals surface area contributed by atoms with Gasteiger partial charge in [-0.05, 0) is 68.1 Å². The third-order valence-electron chi connectivity index (χ3n) is 5.42. The second-order valence-corrected chi connectivity index (χ2v) is 6.68. The molecule has 0 amide bonds. The van der Waals surface area contributed by atoms with Gasteiger partial charge in [0.25, 0.3) is 0 Å². The topological polar surface area (TPSA) is 12.0 Å². The molecular formula is C18H27N. The molecule has 0 saturated heterocycles. The Kier molecular flexibility index (Phi) is 3.81. The van der Waals surface area contributed by atoms with Crippen LogP contribution in [0.3, 0.4) is 0 Å². The van der Waals surface area contributed by atoms with Crippen molar-refractivity contribution in [2.45, 2.75) is 70.8 Å². The minimum Gasteiger partial charge on any atom is -0.382 e. The van der Waals surface area contributed by atoms with Gasteiger partial charge in [0.2, 0.25) is 0 Å². The minimum absolute atomic E-state index is 0.707. The van der Waals surface area contributed by atoms with Crippen LogP contribution in [0.4, 0.5) is 5.69 Å². The van der Waals surface area contributed by atoms with Crippen molar-refractivity contribution in [3.8, 4) is 0 Å². The smallest absolute Gasteiger partial charge is 0.0345 e. The number of hydrogen-bond acceptors (Lipinski definition) is 1. The highest BCUT2D eigenvalue weighted by atomic mass is 14.9. The zero-order chi connectivity index (χ0) is 13.1. The van der Waals surface area contributed by atoms with E-state index < -0.39 is 0 Å². The van der Waals surface area contributed by atoms with E-state index >= 15 is 0 Å². The van der Waals surface area contributed by atoms with E-state index in [-0.39, 0.29) is 0 Å². The molecule has 2 aliphatic rings. The summed E-state index contributed by atoms with van der Waals surface area (Å²) in [7, 11) is 0. The summed E-state index contributed by atoms with van der Waals surface area (Å²) in [5, 5.41) is 3.76. The van der Waals surface area contributed by atoms with Crippen LogP contribution in [0.25, 0.3) is 0 Å². The fourth-order valence-corrected chi connectivity index (χ4v) is 4.12. The van der Waals surface area contributed by atoms with Crippen molar-refractivity contribution in [3.63, 3.8) is 0 Å². The van der Waals surface area contributed by atoms with Gasteiger partial charge in [-0.2, -0.15) is 0 Å². The first kappa shape index (κ1) is 13.0. The first-order valence-corrected chi connectivity index (χ1v) is 8.15. The SMILES string of the molecule is CCc1cccc(NC2CCC3(CCCC3)CC2)c1. The van der Waals surface area contributed by atoms with Crippen LogP contribution in [0, 0.1) is 5.41 Å². The van der Waals surface area contributed by atoms with Crippen molar-refractivity contribution in [2.75, 3.05) is 5.32 Å². The highest BCUT2D eigenvalue weighted by Crippen LogP contribution is 2.49. The van der Waals surface area contributed by atoms with Gasteiger partial charge in [-0.1, -0.05) is 31.9 Å². The minimum atomic E-state index is 0.707. The Balaban J connectivity index is 1.56. The zero-order valence-electron chi connectivity index (χ0n) is 12.3. The van der Waals surface area contributed by atoms with Crippen LogP contribution in [0.5, 0.6) is 0 Å². The van der Waals surface area contributed by atoms with Crippen LogP contribution in [0.1, 0.15) is 63.9 Å². The number of aryl methyl sites for hydroxylation is 1. The van der Waals surface area contributed by atoms with Gasteiger partial charge >= 0.3 is 0 Å². The van der Waals surface area contributed by atoms with E-state index in [0.717, 1.165) is 11.8 Å². The number of benzene rings is 1. The molecule has 19 heavy (non-hydrogen) atoms. The van der Waals surface area contributed by atoms with Gasteiger partial charge in [-0.25, -0.2) is 0 Å². The molecule has 1 spiro atoms. The van der Waals surface area contributed by atoms with Gasteiger partial charge < -0.3 is 5.32 Å². The molecule has 0 radical (unpaired) electrons. The normalized spacial score (nSPS) is 22.8. The first-order chi connectivity index (χ1) is 9.30. The predicted molar refractivity (Wildman–Crippen MR) is 82.6 cm³/mol. The van der Waals surface area contributed by atoms with Crippen molar-refractivity contribution in [1.29, 1.82) is 0 Å². The van der Waals surface area contributed by atoms with E-state index in [1.165, 1.54) is 62.6 Å². The van der Waals surface area contributed by atoms with Crippen molar-refractivity contribution in [3.05, 3.63) is 29.8 Å². The van der Waals surface area contributed by atoms with Gasteiger partial charge in [0, 0.05) is 11.7 Å². The van der Waals surface area contributed by atoms with Crippen LogP contribution in [0.15, 0.2) is 24.3 Å². The number of rotatable bonds is 3. The molecule has 1 heteroatoms. The summed E-state index contributed by atoms with van der Waals surface area (Å²) >= 11 is 0. The Morgan fingerprint density at radius 1 is 1.11 bits per heavy atom. The van der Waals surface area contributed by atoms with Crippen LogP contribution in [0.2, 0.25) is 0 Å². The van der Waals surface area contributed by atoms with E-state index in [1.807, 2.05) is 0 Å². The fraction of sp³-hybridized carbons (Fsp3) is 0.667.